The maximum Gasteiger partial charge on any atom is 0.261 e. The van der Waals surface area contributed by atoms with E-state index in [0.717, 1.165) is 5.56 Å². The van der Waals surface area contributed by atoms with Crippen LogP contribution in [0.25, 0.3) is 11.5 Å². The Morgan fingerprint density at radius 3 is 2.33 bits per heavy atom. The van der Waals surface area contributed by atoms with E-state index in [9.17, 15) is 0 Å². The maximum atomic E-state index is 5.38. The van der Waals surface area contributed by atoms with Crippen molar-refractivity contribution in [1.82, 2.24) is 10.1 Å². The first-order valence-corrected chi connectivity index (χ1v) is 4.86. The Balaban J connectivity index is 2.31. The molecule has 0 bridgehead atoms. The van der Waals surface area contributed by atoms with E-state index in [-0.39, 0.29) is 5.95 Å². The van der Waals surface area contributed by atoms with Crippen molar-refractivity contribution in [3.8, 4) is 11.5 Å². The van der Waals surface area contributed by atoms with E-state index in [4.69, 9.17) is 10.3 Å². The third-order valence-corrected chi connectivity index (χ3v) is 2.27. The molecular formula is C11H13N3O. The molecule has 1 aromatic heterocycles. The second kappa shape index (κ2) is 3.73. The zero-order valence-electron chi connectivity index (χ0n) is 8.77. The first kappa shape index (κ1) is 9.71. The van der Waals surface area contributed by atoms with Crippen molar-refractivity contribution in [3.05, 3.63) is 29.8 Å². The monoisotopic (exact) mass is 203 g/mol. The van der Waals surface area contributed by atoms with E-state index in [0.29, 0.717) is 11.8 Å². The average Bonchev–Trinajstić information content (AvgIpc) is 2.65. The van der Waals surface area contributed by atoms with Gasteiger partial charge >= 0.3 is 0 Å². The fourth-order valence-corrected chi connectivity index (χ4v) is 1.36. The van der Waals surface area contributed by atoms with Crippen LogP contribution in [0.3, 0.4) is 0 Å². The molecule has 4 nitrogen and oxygen atoms in total. The van der Waals surface area contributed by atoms with Crippen molar-refractivity contribution < 1.29 is 4.52 Å². The number of anilines is 1. The van der Waals surface area contributed by atoms with Gasteiger partial charge in [-0.1, -0.05) is 26.0 Å². The Morgan fingerprint density at radius 1 is 1.20 bits per heavy atom. The molecule has 0 saturated carbocycles. The van der Waals surface area contributed by atoms with Gasteiger partial charge in [0.15, 0.2) is 0 Å². The summed E-state index contributed by atoms with van der Waals surface area (Å²) in [6.07, 6.45) is 0. The lowest BCUT2D eigenvalue weighted by Gasteiger charge is -2.04. The van der Waals surface area contributed by atoms with E-state index in [1.54, 1.807) is 0 Å². The number of hydrogen-bond acceptors (Lipinski definition) is 4. The summed E-state index contributed by atoms with van der Waals surface area (Å²) >= 11 is 0. The molecule has 0 radical (unpaired) electrons. The number of nitrogens with two attached hydrogens (primary N) is 1. The predicted octanol–water partition coefficient (Wildman–Crippen LogP) is 2.44. The molecule has 2 aromatic rings. The van der Waals surface area contributed by atoms with E-state index in [1.807, 2.05) is 12.1 Å². The van der Waals surface area contributed by atoms with Crippen LogP contribution in [-0.2, 0) is 0 Å². The third kappa shape index (κ3) is 1.98. The topological polar surface area (TPSA) is 64.9 Å². The molecule has 0 saturated heterocycles. The molecule has 0 aliphatic carbocycles. The van der Waals surface area contributed by atoms with Gasteiger partial charge in [0.2, 0.25) is 0 Å². The molecule has 1 heterocycles. The van der Waals surface area contributed by atoms with Gasteiger partial charge in [0.25, 0.3) is 11.8 Å². The van der Waals surface area contributed by atoms with E-state index < -0.39 is 0 Å². The Labute approximate surface area is 88.1 Å². The Kier molecular flexibility index (Phi) is 2.41. The van der Waals surface area contributed by atoms with Gasteiger partial charge in [0, 0.05) is 5.56 Å². The normalized spacial score (nSPS) is 10.9. The highest BCUT2D eigenvalue weighted by molar-refractivity contribution is 5.54. The largest absolute Gasteiger partial charge is 0.365 e. The first-order valence-electron chi connectivity index (χ1n) is 4.86. The van der Waals surface area contributed by atoms with Crippen LogP contribution in [-0.4, -0.2) is 10.1 Å². The summed E-state index contributed by atoms with van der Waals surface area (Å²) < 4.78 is 4.96. The van der Waals surface area contributed by atoms with Crippen LogP contribution in [0, 0.1) is 0 Å². The molecule has 15 heavy (non-hydrogen) atoms. The molecule has 1 aromatic carbocycles. The SMILES string of the molecule is CC(C)c1ccc(-c2nc(N)no2)cc1. The van der Waals surface area contributed by atoms with Gasteiger partial charge in [0.1, 0.15) is 0 Å². The Bertz CT molecular complexity index is 445. The van der Waals surface area contributed by atoms with Gasteiger partial charge in [-0.05, 0) is 28.8 Å². The van der Waals surface area contributed by atoms with Crippen LogP contribution in [0.2, 0.25) is 0 Å². The summed E-state index contributed by atoms with van der Waals surface area (Å²) in [4.78, 5) is 3.96. The second-order valence-electron chi connectivity index (χ2n) is 3.73. The Morgan fingerprint density at radius 2 is 1.87 bits per heavy atom. The number of aromatic nitrogens is 2. The second-order valence-corrected chi connectivity index (χ2v) is 3.73. The minimum absolute atomic E-state index is 0.165. The molecule has 0 aliphatic heterocycles. The van der Waals surface area contributed by atoms with Gasteiger partial charge < -0.3 is 10.3 Å². The highest BCUT2D eigenvalue weighted by Crippen LogP contribution is 2.21. The number of hydrogen-bond donors (Lipinski definition) is 1. The Hall–Kier alpha value is -1.84. The van der Waals surface area contributed by atoms with Crippen molar-refractivity contribution in [2.24, 2.45) is 0 Å². The van der Waals surface area contributed by atoms with Crippen molar-refractivity contribution in [3.63, 3.8) is 0 Å². The van der Waals surface area contributed by atoms with Gasteiger partial charge in [-0.15, -0.1) is 0 Å². The molecule has 2 N–H and O–H groups in total. The van der Waals surface area contributed by atoms with E-state index in [1.165, 1.54) is 5.56 Å². The molecule has 0 amide bonds. The molecular weight excluding hydrogens is 190 g/mol. The lowest BCUT2D eigenvalue weighted by Crippen LogP contribution is -1.87. The number of rotatable bonds is 2. The van der Waals surface area contributed by atoms with Gasteiger partial charge in [-0.3, -0.25) is 0 Å². The predicted molar refractivity (Wildman–Crippen MR) is 58.2 cm³/mol. The summed E-state index contributed by atoms with van der Waals surface area (Å²) in [6, 6.07) is 8.03. The standard InChI is InChI=1S/C11H13N3O/c1-7(2)8-3-5-9(6-4-8)10-13-11(12)14-15-10/h3-7H,1-2H3,(H2,12,14). The van der Waals surface area contributed by atoms with Crippen molar-refractivity contribution in [2.75, 3.05) is 5.73 Å². The molecule has 2 rings (SSSR count). The maximum absolute atomic E-state index is 5.38. The van der Waals surface area contributed by atoms with Crippen LogP contribution in [0.4, 0.5) is 5.95 Å². The fraction of sp³-hybridized carbons (Fsp3) is 0.273. The van der Waals surface area contributed by atoms with Crippen LogP contribution < -0.4 is 5.73 Å². The quantitative estimate of drug-likeness (QED) is 0.814. The van der Waals surface area contributed by atoms with Gasteiger partial charge in [0.05, 0.1) is 0 Å². The summed E-state index contributed by atoms with van der Waals surface area (Å²) in [6.45, 7) is 4.30. The van der Waals surface area contributed by atoms with Crippen molar-refractivity contribution in [1.29, 1.82) is 0 Å². The molecule has 0 fully saturated rings. The van der Waals surface area contributed by atoms with Gasteiger partial charge in [-0.2, -0.15) is 4.98 Å². The summed E-state index contributed by atoms with van der Waals surface area (Å²) in [7, 11) is 0. The smallest absolute Gasteiger partial charge is 0.261 e. The fourth-order valence-electron chi connectivity index (χ4n) is 1.36. The van der Waals surface area contributed by atoms with E-state index >= 15 is 0 Å². The average molecular weight is 203 g/mol. The summed E-state index contributed by atoms with van der Waals surface area (Å²) in [5.41, 5.74) is 7.55. The van der Waals surface area contributed by atoms with E-state index in [2.05, 4.69) is 36.1 Å². The molecule has 78 valence electrons. The third-order valence-electron chi connectivity index (χ3n) is 2.27. The molecule has 4 heteroatoms. The van der Waals surface area contributed by atoms with Gasteiger partial charge in [-0.25, -0.2) is 0 Å². The lowest BCUT2D eigenvalue weighted by molar-refractivity contribution is 0.433. The molecule has 0 spiro atoms. The minimum Gasteiger partial charge on any atom is -0.365 e. The zero-order valence-corrected chi connectivity index (χ0v) is 8.77. The number of nitrogen functional groups attached to an aromatic ring is 1. The zero-order chi connectivity index (χ0) is 10.8. The van der Waals surface area contributed by atoms with Crippen LogP contribution in [0.1, 0.15) is 25.3 Å². The first-order chi connectivity index (χ1) is 7.16. The summed E-state index contributed by atoms with van der Waals surface area (Å²) in [5, 5.41) is 3.54. The lowest BCUT2D eigenvalue weighted by atomic mass is 10.0. The van der Waals surface area contributed by atoms with Crippen LogP contribution >= 0.6 is 0 Å². The van der Waals surface area contributed by atoms with Crippen molar-refractivity contribution >= 4 is 5.95 Å². The highest BCUT2D eigenvalue weighted by atomic mass is 16.5. The summed E-state index contributed by atoms with van der Waals surface area (Å²) in [5.74, 6) is 1.15. The molecule has 0 atom stereocenters. The number of nitrogens with zero attached hydrogens (tertiary/aromatic N) is 2. The van der Waals surface area contributed by atoms with Crippen LogP contribution in [0.15, 0.2) is 28.8 Å². The van der Waals surface area contributed by atoms with Crippen LogP contribution in [0.5, 0.6) is 0 Å². The van der Waals surface area contributed by atoms with Crippen molar-refractivity contribution in [2.45, 2.75) is 19.8 Å². The highest BCUT2D eigenvalue weighted by Gasteiger charge is 2.06. The number of benzene rings is 1. The molecule has 0 unspecified atom stereocenters. The molecule has 0 aliphatic rings. The minimum atomic E-state index is 0.165.